The molecule has 6 heteroatoms. The highest BCUT2D eigenvalue weighted by Gasteiger charge is 2.41. The van der Waals surface area contributed by atoms with Crippen LogP contribution >= 0.6 is 0 Å². The van der Waals surface area contributed by atoms with Crippen molar-refractivity contribution in [2.75, 3.05) is 18.4 Å². The van der Waals surface area contributed by atoms with Crippen molar-refractivity contribution in [3.63, 3.8) is 0 Å². The monoisotopic (exact) mass is 449 g/mol. The molecular formula is C27H39N5O. The van der Waals surface area contributed by atoms with E-state index < -0.39 is 0 Å². The summed E-state index contributed by atoms with van der Waals surface area (Å²) in [4.78, 5) is 25.2. The number of nitrogens with zero attached hydrogens (tertiary/aromatic N) is 4. The van der Waals surface area contributed by atoms with E-state index in [1.54, 1.807) is 0 Å². The van der Waals surface area contributed by atoms with Crippen LogP contribution in [-0.4, -0.2) is 50.4 Å². The molecule has 2 saturated carbocycles. The number of rotatable bonds is 3. The number of ketones is 1. The molecule has 0 unspecified atom stereocenters. The number of carbonyl (C=O) groups excluding carboxylic acids is 1. The lowest BCUT2D eigenvalue weighted by Crippen LogP contribution is -2.44. The topological polar surface area (TPSA) is 63.1 Å². The van der Waals surface area contributed by atoms with Gasteiger partial charge in [0.1, 0.15) is 5.65 Å². The predicted molar refractivity (Wildman–Crippen MR) is 132 cm³/mol. The lowest BCUT2D eigenvalue weighted by molar-refractivity contribution is 0.0852. The van der Waals surface area contributed by atoms with Gasteiger partial charge in [0.05, 0.1) is 5.69 Å². The number of likely N-dealkylation sites (tertiary alicyclic amines) is 1. The van der Waals surface area contributed by atoms with Crippen LogP contribution in [0.3, 0.4) is 0 Å². The Kier molecular flexibility index (Phi) is 5.68. The van der Waals surface area contributed by atoms with Crippen LogP contribution in [0, 0.1) is 5.92 Å². The molecule has 6 rings (SSSR count). The first-order valence-corrected chi connectivity index (χ1v) is 13.5. The van der Waals surface area contributed by atoms with E-state index in [1.807, 2.05) is 12.3 Å². The van der Waals surface area contributed by atoms with E-state index in [0.29, 0.717) is 12.5 Å². The van der Waals surface area contributed by atoms with Crippen LogP contribution in [0.1, 0.15) is 101 Å². The Hall–Kier alpha value is -1.95. The SMILES string of the molecule is CC1CCN(C2CCC(Nc3ncc4cc5n(c4n3)C3(CCCCC3)CCC5=O)CC2)CC1. The molecule has 1 spiro atoms. The molecular weight excluding hydrogens is 410 g/mol. The van der Waals surface area contributed by atoms with Gasteiger partial charge >= 0.3 is 0 Å². The molecule has 3 fully saturated rings. The van der Waals surface area contributed by atoms with Gasteiger partial charge < -0.3 is 14.8 Å². The molecule has 1 N–H and O–H groups in total. The second-order valence-electron chi connectivity index (χ2n) is 11.4. The number of Topliss-reactive ketones (excluding diaryl/α,β-unsaturated/α-hetero) is 1. The summed E-state index contributed by atoms with van der Waals surface area (Å²) in [6.07, 6.45) is 17.4. The highest BCUT2D eigenvalue weighted by Crippen LogP contribution is 2.45. The van der Waals surface area contributed by atoms with Gasteiger partial charge in [-0.25, -0.2) is 4.98 Å². The van der Waals surface area contributed by atoms with Crippen LogP contribution in [0.5, 0.6) is 0 Å². The van der Waals surface area contributed by atoms with Gasteiger partial charge in [0.15, 0.2) is 5.78 Å². The Morgan fingerprint density at radius 3 is 2.52 bits per heavy atom. The Morgan fingerprint density at radius 1 is 1.00 bits per heavy atom. The van der Waals surface area contributed by atoms with Crippen molar-refractivity contribution in [3.05, 3.63) is 18.0 Å². The first-order valence-electron chi connectivity index (χ1n) is 13.5. The van der Waals surface area contributed by atoms with E-state index >= 15 is 0 Å². The van der Waals surface area contributed by atoms with Gasteiger partial charge in [-0.15, -0.1) is 0 Å². The minimum atomic E-state index is 0.0822. The van der Waals surface area contributed by atoms with E-state index in [0.717, 1.165) is 41.1 Å². The van der Waals surface area contributed by atoms with Gasteiger partial charge in [0.2, 0.25) is 5.95 Å². The van der Waals surface area contributed by atoms with E-state index in [-0.39, 0.29) is 11.3 Å². The summed E-state index contributed by atoms with van der Waals surface area (Å²) in [5.41, 5.74) is 1.91. The van der Waals surface area contributed by atoms with E-state index in [1.165, 1.54) is 83.7 Å². The number of anilines is 1. The summed E-state index contributed by atoms with van der Waals surface area (Å²) in [5, 5.41) is 4.68. The molecule has 0 atom stereocenters. The van der Waals surface area contributed by atoms with Gasteiger partial charge in [-0.3, -0.25) is 4.79 Å². The largest absolute Gasteiger partial charge is 0.351 e. The fourth-order valence-electron chi connectivity index (χ4n) is 7.18. The van der Waals surface area contributed by atoms with Crippen molar-refractivity contribution < 1.29 is 4.79 Å². The lowest BCUT2D eigenvalue weighted by atomic mass is 9.75. The van der Waals surface area contributed by atoms with Crippen molar-refractivity contribution in [2.24, 2.45) is 5.92 Å². The molecule has 6 nitrogen and oxygen atoms in total. The molecule has 0 aromatic carbocycles. The molecule has 2 aromatic heterocycles. The predicted octanol–water partition coefficient (Wildman–Crippen LogP) is 5.52. The Labute approximate surface area is 197 Å². The van der Waals surface area contributed by atoms with Gasteiger partial charge in [0, 0.05) is 35.6 Å². The highest BCUT2D eigenvalue weighted by atomic mass is 16.1. The second-order valence-corrected chi connectivity index (χ2v) is 11.4. The lowest BCUT2D eigenvalue weighted by Gasteiger charge is -2.42. The van der Waals surface area contributed by atoms with Crippen LogP contribution in [0.4, 0.5) is 5.95 Å². The molecule has 4 aliphatic rings. The van der Waals surface area contributed by atoms with E-state index in [4.69, 9.17) is 4.98 Å². The normalized spacial score (nSPS) is 28.8. The van der Waals surface area contributed by atoms with Gasteiger partial charge in [-0.05, 0) is 82.9 Å². The summed E-state index contributed by atoms with van der Waals surface area (Å²) >= 11 is 0. The average molecular weight is 450 g/mol. The fraction of sp³-hybridized carbons (Fsp3) is 0.741. The molecule has 0 amide bonds. The maximum Gasteiger partial charge on any atom is 0.224 e. The zero-order valence-corrected chi connectivity index (χ0v) is 20.2. The molecule has 178 valence electrons. The molecule has 2 aromatic rings. The first-order chi connectivity index (χ1) is 16.1. The standard InChI is InChI=1S/C27H39N5O/c1-19-10-15-31(16-11-19)22-7-5-21(6-8-22)29-26-28-18-20-17-23-24(33)9-14-27(12-3-2-4-13-27)32(23)25(20)30-26/h17-19,21-22H,2-16H2,1H3,(H,28,29,30). The highest BCUT2D eigenvalue weighted by molar-refractivity contribution is 6.00. The first kappa shape index (κ1) is 21.6. The number of aromatic nitrogens is 3. The van der Waals surface area contributed by atoms with Gasteiger partial charge in [-0.2, -0.15) is 4.98 Å². The van der Waals surface area contributed by atoms with Crippen molar-refractivity contribution in [1.82, 2.24) is 19.4 Å². The van der Waals surface area contributed by atoms with E-state index in [2.05, 4.69) is 26.7 Å². The van der Waals surface area contributed by atoms with Gasteiger partial charge in [-0.1, -0.05) is 26.2 Å². The Bertz CT molecular complexity index is 1010. The number of nitrogens with one attached hydrogen (secondary N) is 1. The smallest absolute Gasteiger partial charge is 0.224 e. The van der Waals surface area contributed by atoms with Crippen LogP contribution < -0.4 is 5.32 Å². The quantitative estimate of drug-likeness (QED) is 0.668. The van der Waals surface area contributed by atoms with Crippen LogP contribution in [0.25, 0.3) is 11.0 Å². The maximum absolute atomic E-state index is 12.8. The fourth-order valence-corrected chi connectivity index (χ4v) is 7.18. The number of hydrogen-bond donors (Lipinski definition) is 1. The van der Waals surface area contributed by atoms with Crippen LogP contribution in [0.2, 0.25) is 0 Å². The van der Waals surface area contributed by atoms with Crippen LogP contribution in [-0.2, 0) is 5.54 Å². The molecule has 33 heavy (non-hydrogen) atoms. The summed E-state index contributed by atoms with van der Waals surface area (Å²) in [6, 6.07) is 3.25. The maximum atomic E-state index is 12.8. The molecule has 1 saturated heterocycles. The van der Waals surface area contributed by atoms with Gasteiger partial charge in [0.25, 0.3) is 0 Å². The molecule has 4 heterocycles. The minimum absolute atomic E-state index is 0.0822. The number of hydrogen-bond acceptors (Lipinski definition) is 5. The number of fused-ring (bicyclic) bond motifs is 4. The average Bonchev–Trinajstić information content (AvgIpc) is 3.24. The third-order valence-corrected chi connectivity index (χ3v) is 9.27. The number of carbonyl (C=O) groups is 1. The van der Waals surface area contributed by atoms with Crippen LogP contribution in [0.15, 0.2) is 12.3 Å². The molecule has 0 radical (unpaired) electrons. The molecule has 2 aliphatic carbocycles. The minimum Gasteiger partial charge on any atom is -0.351 e. The Balaban J connectivity index is 1.19. The third kappa shape index (κ3) is 3.98. The summed E-state index contributed by atoms with van der Waals surface area (Å²) in [6.45, 7) is 4.95. The summed E-state index contributed by atoms with van der Waals surface area (Å²) < 4.78 is 2.33. The van der Waals surface area contributed by atoms with Crippen molar-refractivity contribution >= 4 is 22.8 Å². The summed E-state index contributed by atoms with van der Waals surface area (Å²) in [7, 11) is 0. The zero-order valence-electron chi connectivity index (χ0n) is 20.2. The third-order valence-electron chi connectivity index (χ3n) is 9.27. The second kappa shape index (κ2) is 8.68. The number of piperidine rings is 1. The summed E-state index contributed by atoms with van der Waals surface area (Å²) in [5.74, 6) is 1.90. The van der Waals surface area contributed by atoms with Crippen molar-refractivity contribution in [1.29, 1.82) is 0 Å². The molecule has 0 bridgehead atoms. The van der Waals surface area contributed by atoms with E-state index in [9.17, 15) is 4.79 Å². The Morgan fingerprint density at radius 2 is 1.76 bits per heavy atom. The van der Waals surface area contributed by atoms with Crippen molar-refractivity contribution in [2.45, 2.75) is 108 Å². The molecule has 2 aliphatic heterocycles. The van der Waals surface area contributed by atoms with Crippen molar-refractivity contribution in [3.8, 4) is 0 Å². The zero-order chi connectivity index (χ0) is 22.4.